The van der Waals surface area contributed by atoms with Crippen LogP contribution in [0.15, 0.2) is 15.9 Å². The third-order valence-electron chi connectivity index (χ3n) is 1.86. The maximum Gasteiger partial charge on any atom is 0.401 e. The molecule has 7 heteroatoms. The fraction of sp³-hybridized carbons (Fsp3) is 0.556. The fourth-order valence-electron chi connectivity index (χ4n) is 1.23. The van der Waals surface area contributed by atoms with Crippen LogP contribution in [0, 0.1) is 0 Å². The Morgan fingerprint density at radius 2 is 2.06 bits per heavy atom. The predicted molar refractivity (Wildman–Crippen MR) is 67.1 cm³/mol. The van der Waals surface area contributed by atoms with Gasteiger partial charge in [0.15, 0.2) is 0 Å². The molecule has 0 saturated carbocycles. The van der Waals surface area contributed by atoms with Crippen molar-refractivity contribution in [1.29, 1.82) is 0 Å². The van der Waals surface area contributed by atoms with Crippen LogP contribution in [0.5, 0.6) is 0 Å². The van der Waals surface area contributed by atoms with Gasteiger partial charge < -0.3 is 0 Å². The fourth-order valence-corrected chi connectivity index (χ4v) is 3.25. The smallest absolute Gasteiger partial charge is 0.289 e. The second-order valence-corrected chi connectivity index (χ2v) is 5.85. The van der Waals surface area contributed by atoms with Gasteiger partial charge in [0.25, 0.3) is 0 Å². The molecule has 0 aliphatic carbocycles. The lowest BCUT2D eigenvalue weighted by Gasteiger charge is -2.22. The first-order valence-electron chi connectivity index (χ1n) is 4.49. The third-order valence-corrected chi connectivity index (χ3v) is 4.13. The SMILES string of the molecule is FC(F)(F)CN(CCBr)Cc1sccc1Br. The Hall–Kier alpha value is 0.410. The van der Waals surface area contributed by atoms with E-state index in [1.165, 1.54) is 16.2 Å². The Morgan fingerprint density at radius 3 is 2.50 bits per heavy atom. The van der Waals surface area contributed by atoms with E-state index in [-0.39, 0.29) is 0 Å². The van der Waals surface area contributed by atoms with Crippen LogP contribution in [0.2, 0.25) is 0 Å². The molecule has 0 saturated heterocycles. The number of alkyl halides is 4. The molecule has 0 amide bonds. The molecule has 1 rings (SSSR count). The first-order valence-corrected chi connectivity index (χ1v) is 7.28. The Morgan fingerprint density at radius 1 is 1.38 bits per heavy atom. The normalized spacial score (nSPS) is 12.4. The highest BCUT2D eigenvalue weighted by Gasteiger charge is 2.30. The van der Waals surface area contributed by atoms with Crippen LogP contribution >= 0.6 is 43.2 Å². The maximum absolute atomic E-state index is 12.3. The standard InChI is InChI=1S/C9H10Br2F3NS/c10-2-3-15(6-9(12,13)14)5-8-7(11)1-4-16-8/h1,4H,2-3,5-6H2. The zero-order valence-electron chi connectivity index (χ0n) is 8.23. The van der Waals surface area contributed by atoms with E-state index in [0.29, 0.717) is 18.4 Å². The van der Waals surface area contributed by atoms with Crippen molar-refractivity contribution in [2.75, 3.05) is 18.4 Å². The lowest BCUT2D eigenvalue weighted by molar-refractivity contribution is -0.146. The quantitative estimate of drug-likeness (QED) is 0.689. The Kier molecular flexibility index (Phi) is 5.76. The summed E-state index contributed by atoms with van der Waals surface area (Å²) in [4.78, 5) is 2.30. The molecule has 92 valence electrons. The summed E-state index contributed by atoms with van der Waals surface area (Å²) < 4.78 is 37.8. The van der Waals surface area contributed by atoms with Crippen molar-refractivity contribution in [1.82, 2.24) is 4.90 Å². The molecule has 0 aliphatic rings. The highest BCUT2D eigenvalue weighted by atomic mass is 79.9. The Labute approximate surface area is 113 Å². The van der Waals surface area contributed by atoms with Gasteiger partial charge in [-0.1, -0.05) is 15.9 Å². The molecular formula is C9H10Br2F3NS. The molecule has 0 radical (unpaired) electrons. The van der Waals surface area contributed by atoms with Gasteiger partial charge in [-0.3, -0.25) is 4.90 Å². The van der Waals surface area contributed by atoms with E-state index in [0.717, 1.165) is 9.35 Å². The summed E-state index contributed by atoms with van der Waals surface area (Å²) in [7, 11) is 0. The summed E-state index contributed by atoms with van der Waals surface area (Å²) in [6, 6.07) is 1.85. The highest BCUT2D eigenvalue weighted by Crippen LogP contribution is 2.25. The molecule has 1 heterocycles. The molecule has 0 fully saturated rings. The number of hydrogen-bond donors (Lipinski definition) is 0. The first-order chi connectivity index (χ1) is 7.42. The summed E-state index contributed by atoms with van der Waals surface area (Å²) in [5, 5.41) is 2.39. The zero-order valence-corrected chi connectivity index (χ0v) is 12.2. The molecule has 0 unspecified atom stereocenters. The van der Waals surface area contributed by atoms with Gasteiger partial charge in [-0.2, -0.15) is 13.2 Å². The van der Waals surface area contributed by atoms with Crippen molar-refractivity contribution in [3.8, 4) is 0 Å². The molecule has 1 nitrogen and oxygen atoms in total. The van der Waals surface area contributed by atoms with Crippen LogP contribution in [0.4, 0.5) is 13.2 Å². The highest BCUT2D eigenvalue weighted by molar-refractivity contribution is 9.10. The second kappa shape index (κ2) is 6.37. The van der Waals surface area contributed by atoms with E-state index in [4.69, 9.17) is 0 Å². The summed E-state index contributed by atoms with van der Waals surface area (Å²) in [6.45, 7) is -0.170. The van der Waals surface area contributed by atoms with Gasteiger partial charge in [-0.05, 0) is 27.4 Å². The number of thiophene rings is 1. The lowest BCUT2D eigenvalue weighted by Crippen LogP contribution is -2.34. The van der Waals surface area contributed by atoms with Crippen molar-refractivity contribution in [3.05, 3.63) is 20.8 Å². The molecule has 0 spiro atoms. The molecule has 16 heavy (non-hydrogen) atoms. The van der Waals surface area contributed by atoms with Gasteiger partial charge in [-0.25, -0.2) is 0 Å². The van der Waals surface area contributed by atoms with Crippen molar-refractivity contribution >= 4 is 43.2 Å². The van der Waals surface area contributed by atoms with Gasteiger partial charge >= 0.3 is 6.18 Å². The summed E-state index contributed by atoms with van der Waals surface area (Å²) >= 11 is 7.94. The number of nitrogens with zero attached hydrogens (tertiary/aromatic N) is 1. The molecule has 0 aromatic carbocycles. The Balaban J connectivity index is 2.61. The van der Waals surface area contributed by atoms with E-state index >= 15 is 0 Å². The van der Waals surface area contributed by atoms with Crippen molar-refractivity contribution in [2.45, 2.75) is 12.7 Å². The van der Waals surface area contributed by atoms with Gasteiger partial charge in [0.05, 0.1) is 6.54 Å². The Bertz CT molecular complexity index is 327. The molecule has 0 N–H and O–H groups in total. The molecule has 1 aromatic heterocycles. The van der Waals surface area contributed by atoms with Crippen LogP contribution in [-0.2, 0) is 6.54 Å². The van der Waals surface area contributed by atoms with Crippen LogP contribution in [0.25, 0.3) is 0 Å². The average molecular weight is 381 g/mol. The zero-order chi connectivity index (χ0) is 12.2. The van der Waals surface area contributed by atoms with Gasteiger partial charge in [0, 0.05) is 27.8 Å². The monoisotopic (exact) mass is 379 g/mol. The first kappa shape index (κ1) is 14.5. The van der Waals surface area contributed by atoms with Crippen LogP contribution < -0.4 is 0 Å². The largest absolute Gasteiger partial charge is 0.401 e. The van der Waals surface area contributed by atoms with Crippen LogP contribution in [0.1, 0.15) is 4.88 Å². The minimum absolute atomic E-state index is 0.323. The summed E-state index contributed by atoms with van der Waals surface area (Å²) in [5.74, 6) is 0. The molecule has 0 aliphatic heterocycles. The molecule has 1 aromatic rings. The van der Waals surface area contributed by atoms with Crippen LogP contribution in [-0.4, -0.2) is 29.5 Å². The molecule has 0 atom stereocenters. The van der Waals surface area contributed by atoms with Gasteiger partial charge in [-0.15, -0.1) is 11.3 Å². The van der Waals surface area contributed by atoms with E-state index in [2.05, 4.69) is 31.9 Å². The summed E-state index contributed by atoms with van der Waals surface area (Å²) in [5.41, 5.74) is 0. The van der Waals surface area contributed by atoms with E-state index in [9.17, 15) is 13.2 Å². The van der Waals surface area contributed by atoms with Gasteiger partial charge in [0.2, 0.25) is 0 Å². The minimum Gasteiger partial charge on any atom is -0.289 e. The number of halogens is 5. The van der Waals surface area contributed by atoms with Gasteiger partial charge in [0.1, 0.15) is 0 Å². The number of rotatable bonds is 5. The second-order valence-electron chi connectivity index (χ2n) is 3.21. The van der Waals surface area contributed by atoms with Crippen LogP contribution in [0.3, 0.4) is 0 Å². The van der Waals surface area contributed by atoms with Crippen molar-refractivity contribution in [3.63, 3.8) is 0 Å². The van der Waals surface area contributed by atoms with E-state index in [1.54, 1.807) is 0 Å². The third kappa shape index (κ3) is 5.16. The topological polar surface area (TPSA) is 3.24 Å². The molecular weight excluding hydrogens is 371 g/mol. The van der Waals surface area contributed by atoms with Crippen molar-refractivity contribution < 1.29 is 13.2 Å². The maximum atomic E-state index is 12.3. The van der Waals surface area contributed by atoms with E-state index < -0.39 is 12.7 Å². The lowest BCUT2D eigenvalue weighted by atomic mass is 10.4. The summed E-state index contributed by atoms with van der Waals surface area (Å²) in [6.07, 6.45) is -4.15. The number of hydrogen-bond acceptors (Lipinski definition) is 2. The minimum atomic E-state index is -4.15. The molecule has 0 bridgehead atoms. The van der Waals surface area contributed by atoms with E-state index in [1.807, 2.05) is 11.4 Å². The average Bonchev–Trinajstić information content (AvgIpc) is 2.49. The van der Waals surface area contributed by atoms with Crippen molar-refractivity contribution in [2.24, 2.45) is 0 Å². The predicted octanol–water partition coefficient (Wildman–Crippen LogP) is 4.27.